The highest BCUT2D eigenvalue weighted by Gasteiger charge is 2.37. The lowest BCUT2D eigenvalue weighted by Crippen LogP contribution is -2.16. The van der Waals surface area contributed by atoms with Crippen LogP contribution in [-0.2, 0) is 6.18 Å². The van der Waals surface area contributed by atoms with Gasteiger partial charge in [-0.1, -0.05) is 0 Å². The van der Waals surface area contributed by atoms with Crippen molar-refractivity contribution >= 4 is 17.4 Å². The number of nitrogens with zero attached hydrogens (tertiary/aromatic N) is 1. The van der Waals surface area contributed by atoms with Gasteiger partial charge in [-0.2, -0.15) is 18.4 Å². The molecule has 0 N–H and O–H groups in total. The van der Waals surface area contributed by atoms with Crippen molar-refractivity contribution in [1.29, 1.82) is 5.26 Å². The Kier molecular flexibility index (Phi) is 4.19. The molecule has 7 heteroatoms. The molecule has 0 aromatic heterocycles. The van der Waals surface area contributed by atoms with Gasteiger partial charge in [-0.05, 0) is 12.1 Å². The number of rotatable bonds is 3. The quantitative estimate of drug-likeness (QED) is 0.630. The monoisotopic (exact) mass is 277 g/mol. The molecule has 0 atom stereocenters. The molecule has 1 aromatic rings. The minimum Gasteiger partial charge on any atom is -0.495 e. The van der Waals surface area contributed by atoms with Gasteiger partial charge in [0.05, 0.1) is 29.7 Å². The molecule has 0 aliphatic heterocycles. The van der Waals surface area contributed by atoms with Gasteiger partial charge < -0.3 is 4.74 Å². The summed E-state index contributed by atoms with van der Waals surface area (Å²) >= 11 is 5.28. The van der Waals surface area contributed by atoms with Gasteiger partial charge >= 0.3 is 6.18 Å². The third-order valence-electron chi connectivity index (χ3n) is 2.19. The fraction of sp³-hybridized carbons (Fsp3) is 0.273. The number of nitriles is 1. The van der Waals surface area contributed by atoms with Crippen LogP contribution in [0.15, 0.2) is 12.1 Å². The smallest absolute Gasteiger partial charge is 0.417 e. The third kappa shape index (κ3) is 2.57. The first kappa shape index (κ1) is 14.3. The summed E-state index contributed by atoms with van der Waals surface area (Å²) in [7, 11) is 1.08. The first-order chi connectivity index (χ1) is 8.36. The van der Waals surface area contributed by atoms with Crippen LogP contribution in [-0.4, -0.2) is 18.8 Å². The van der Waals surface area contributed by atoms with Crippen LogP contribution in [0.2, 0.25) is 0 Å². The van der Waals surface area contributed by atoms with Crippen molar-refractivity contribution in [2.45, 2.75) is 6.18 Å². The van der Waals surface area contributed by atoms with Gasteiger partial charge in [0.25, 0.3) is 0 Å². The molecule has 96 valence electrons. The van der Waals surface area contributed by atoms with Crippen molar-refractivity contribution in [3.8, 4) is 11.8 Å². The Hall–Kier alpha value is -1.74. The maximum absolute atomic E-state index is 12.8. The number of methoxy groups -OCH3 is 1. The molecule has 3 nitrogen and oxygen atoms in total. The van der Waals surface area contributed by atoms with Gasteiger partial charge in [0.1, 0.15) is 11.8 Å². The first-order valence-electron chi connectivity index (χ1n) is 4.64. The second kappa shape index (κ2) is 5.27. The van der Waals surface area contributed by atoms with Crippen LogP contribution >= 0.6 is 11.6 Å². The number of carbonyl (C=O) groups excluding carboxylic acids is 1. The van der Waals surface area contributed by atoms with E-state index in [4.69, 9.17) is 21.6 Å². The zero-order valence-corrected chi connectivity index (χ0v) is 9.89. The molecule has 0 aliphatic rings. The number of hydrogen-bond donors (Lipinski definition) is 0. The summed E-state index contributed by atoms with van der Waals surface area (Å²) in [5.74, 6) is -1.98. The summed E-state index contributed by atoms with van der Waals surface area (Å²) in [5.41, 5.74) is -2.03. The molecule has 0 saturated carbocycles. The van der Waals surface area contributed by atoms with Crippen molar-refractivity contribution in [2.75, 3.05) is 13.0 Å². The van der Waals surface area contributed by atoms with E-state index in [0.29, 0.717) is 6.07 Å². The summed E-state index contributed by atoms with van der Waals surface area (Å²) in [4.78, 5) is 11.5. The van der Waals surface area contributed by atoms with Crippen molar-refractivity contribution < 1.29 is 22.7 Å². The van der Waals surface area contributed by atoms with Crippen LogP contribution in [0, 0.1) is 11.3 Å². The number of ether oxygens (including phenoxy) is 1. The molecular weight excluding hydrogens is 271 g/mol. The lowest BCUT2D eigenvalue weighted by Gasteiger charge is -2.15. The Morgan fingerprint density at radius 3 is 2.50 bits per heavy atom. The van der Waals surface area contributed by atoms with Gasteiger partial charge in [-0.25, -0.2) is 0 Å². The van der Waals surface area contributed by atoms with Crippen molar-refractivity contribution in [1.82, 2.24) is 0 Å². The van der Waals surface area contributed by atoms with E-state index < -0.39 is 34.7 Å². The average molecular weight is 278 g/mol. The lowest BCUT2D eigenvalue weighted by molar-refractivity contribution is -0.138. The van der Waals surface area contributed by atoms with E-state index in [9.17, 15) is 18.0 Å². The van der Waals surface area contributed by atoms with Gasteiger partial charge in [-0.15, -0.1) is 11.6 Å². The maximum Gasteiger partial charge on any atom is 0.417 e. The largest absolute Gasteiger partial charge is 0.495 e. The van der Waals surface area contributed by atoms with E-state index in [1.807, 2.05) is 0 Å². The Labute approximate surface area is 106 Å². The van der Waals surface area contributed by atoms with Crippen LogP contribution in [0.5, 0.6) is 5.75 Å². The van der Waals surface area contributed by atoms with Crippen LogP contribution in [0.1, 0.15) is 21.5 Å². The molecule has 0 spiro atoms. The number of ketones is 1. The standard InChI is InChI=1S/C11H7ClF3NO2/c1-18-10-6(5-16)2-3-7(11(13,14)15)9(10)8(17)4-12/h2-3H,4H2,1H3. The van der Waals surface area contributed by atoms with Crippen LogP contribution in [0.4, 0.5) is 13.2 Å². The Balaban J connectivity index is 3.66. The molecule has 0 bridgehead atoms. The molecule has 1 aromatic carbocycles. The summed E-state index contributed by atoms with van der Waals surface area (Å²) < 4.78 is 43.0. The minimum absolute atomic E-state index is 0.154. The van der Waals surface area contributed by atoms with E-state index in [1.165, 1.54) is 0 Å². The number of carbonyl (C=O) groups is 1. The highest BCUT2D eigenvalue weighted by molar-refractivity contribution is 6.31. The fourth-order valence-electron chi connectivity index (χ4n) is 1.46. The second-order valence-electron chi connectivity index (χ2n) is 3.24. The van der Waals surface area contributed by atoms with Crippen LogP contribution in [0.25, 0.3) is 0 Å². The fourth-order valence-corrected chi connectivity index (χ4v) is 1.60. The normalized spacial score (nSPS) is 10.9. The Morgan fingerprint density at radius 1 is 1.50 bits per heavy atom. The third-order valence-corrected chi connectivity index (χ3v) is 2.43. The molecular formula is C11H7ClF3NO2. The first-order valence-corrected chi connectivity index (χ1v) is 5.17. The van der Waals surface area contributed by atoms with E-state index in [1.54, 1.807) is 6.07 Å². The maximum atomic E-state index is 12.8. The zero-order chi connectivity index (χ0) is 13.9. The SMILES string of the molecule is COc1c(C#N)ccc(C(F)(F)F)c1C(=O)CCl. The van der Waals surface area contributed by atoms with Gasteiger partial charge in [0.2, 0.25) is 0 Å². The van der Waals surface area contributed by atoms with Gasteiger partial charge in [-0.3, -0.25) is 4.79 Å². The Bertz CT molecular complexity index is 520. The summed E-state index contributed by atoms with van der Waals surface area (Å²) in [6.45, 7) is 0. The number of halogens is 4. The highest BCUT2D eigenvalue weighted by Crippen LogP contribution is 2.38. The zero-order valence-electron chi connectivity index (χ0n) is 9.14. The number of hydrogen-bond acceptors (Lipinski definition) is 3. The van der Waals surface area contributed by atoms with E-state index >= 15 is 0 Å². The molecule has 0 heterocycles. The van der Waals surface area contributed by atoms with Crippen molar-refractivity contribution in [3.05, 3.63) is 28.8 Å². The number of benzene rings is 1. The number of Topliss-reactive ketones (excluding diaryl/α,β-unsaturated/α-hetero) is 1. The summed E-state index contributed by atoms with van der Waals surface area (Å²) in [6, 6.07) is 3.28. The molecule has 0 saturated heterocycles. The van der Waals surface area contributed by atoms with Crippen molar-refractivity contribution in [3.63, 3.8) is 0 Å². The predicted molar refractivity (Wildman–Crippen MR) is 57.8 cm³/mol. The molecule has 0 unspecified atom stereocenters. The van der Waals surface area contributed by atoms with Crippen LogP contribution < -0.4 is 4.74 Å². The molecule has 0 amide bonds. The summed E-state index contributed by atoms with van der Waals surface area (Å²) in [6.07, 6.45) is -4.72. The lowest BCUT2D eigenvalue weighted by atomic mass is 9.99. The molecule has 0 fully saturated rings. The molecule has 1 rings (SSSR count). The van der Waals surface area contributed by atoms with E-state index in [2.05, 4.69) is 0 Å². The average Bonchev–Trinajstić information content (AvgIpc) is 2.34. The van der Waals surface area contributed by atoms with E-state index in [0.717, 1.165) is 13.2 Å². The number of alkyl halides is 4. The highest BCUT2D eigenvalue weighted by atomic mass is 35.5. The predicted octanol–water partition coefficient (Wildman–Crippen LogP) is 3.01. The van der Waals surface area contributed by atoms with Crippen LogP contribution in [0.3, 0.4) is 0 Å². The van der Waals surface area contributed by atoms with Gasteiger partial charge in [0.15, 0.2) is 5.78 Å². The summed E-state index contributed by atoms with van der Waals surface area (Å²) in [5, 5.41) is 8.77. The van der Waals surface area contributed by atoms with E-state index in [-0.39, 0.29) is 5.56 Å². The minimum atomic E-state index is -4.72. The van der Waals surface area contributed by atoms with Crippen molar-refractivity contribution in [2.24, 2.45) is 0 Å². The second-order valence-corrected chi connectivity index (χ2v) is 3.50. The topological polar surface area (TPSA) is 50.1 Å². The Morgan fingerprint density at radius 2 is 2.11 bits per heavy atom. The molecule has 18 heavy (non-hydrogen) atoms. The van der Waals surface area contributed by atoms with Gasteiger partial charge in [0, 0.05) is 0 Å². The molecule has 0 radical (unpaired) electrons. The molecule has 0 aliphatic carbocycles.